The first-order valence-corrected chi connectivity index (χ1v) is 13.4. The Morgan fingerprint density at radius 3 is 1.48 bits per heavy atom. The molecule has 0 aromatic heterocycles. The van der Waals surface area contributed by atoms with Crippen molar-refractivity contribution in [2.45, 2.75) is 104 Å². The van der Waals surface area contributed by atoms with Crippen molar-refractivity contribution in [3.63, 3.8) is 0 Å². The van der Waals surface area contributed by atoms with Crippen molar-refractivity contribution in [3.8, 4) is 0 Å². The van der Waals surface area contributed by atoms with E-state index in [2.05, 4.69) is 86.7 Å². The number of benzene rings is 2. The van der Waals surface area contributed by atoms with Crippen molar-refractivity contribution >= 4 is 12.2 Å². The lowest BCUT2D eigenvalue weighted by Crippen LogP contribution is -1.95. The zero-order chi connectivity index (χ0) is 23.4. The van der Waals surface area contributed by atoms with E-state index in [4.69, 9.17) is 4.74 Å². The van der Waals surface area contributed by atoms with Crippen LogP contribution in [0.15, 0.2) is 60.7 Å². The summed E-state index contributed by atoms with van der Waals surface area (Å²) in [5.41, 5.74) is 5.01. The molecule has 0 aliphatic carbocycles. The molecule has 0 aliphatic heterocycles. The minimum atomic E-state index is 0.649. The quantitative estimate of drug-likeness (QED) is 0.207. The average molecular weight is 447 g/mol. The van der Waals surface area contributed by atoms with E-state index in [1.54, 1.807) is 0 Å². The van der Waals surface area contributed by atoms with E-state index in [9.17, 15) is 0 Å². The fourth-order valence-electron chi connectivity index (χ4n) is 4.03. The SMILES string of the molecule is CCCCCCCC=Cc1cccc(COCc2cccc(C=CCCCCCCC)c2)c1. The van der Waals surface area contributed by atoms with Gasteiger partial charge in [-0.3, -0.25) is 0 Å². The van der Waals surface area contributed by atoms with Gasteiger partial charge in [0.15, 0.2) is 0 Å². The molecule has 0 amide bonds. The summed E-state index contributed by atoms with van der Waals surface area (Å²) < 4.78 is 6.03. The van der Waals surface area contributed by atoms with Gasteiger partial charge in [0.05, 0.1) is 13.2 Å². The summed E-state index contributed by atoms with van der Waals surface area (Å²) in [6.07, 6.45) is 24.9. The normalized spacial score (nSPS) is 11.7. The number of unbranched alkanes of at least 4 members (excludes halogenated alkanes) is 10. The molecular weight excluding hydrogens is 400 g/mol. The standard InChI is InChI=1S/C32H46O/c1-3-5-7-9-11-13-15-19-29-21-17-23-31(25-29)27-33-28-32-24-18-22-30(26-32)20-16-14-12-10-8-6-4-2/h15-26H,3-14,27-28H2,1-2H3. The molecule has 0 atom stereocenters. The maximum atomic E-state index is 6.03. The van der Waals surface area contributed by atoms with Gasteiger partial charge in [-0.15, -0.1) is 0 Å². The second-order valence-electron chi connectivity index (χ2n) is 9.19. The molecule has 0 bridgehead atoms. The van der Waals surface area contributed by atoms with Crippen molar-refractivity contribution in [3.05, 3.63) is 82.9 Å². The van der Waals surface area contributed by atoms with Crippen LogP contribution in [0.25, 0.3) is 12.2 Å². The predicted octanol–water partition coefficient (Wildman–Crippen LogP) is 10.2. The predicted molar refractivity (Wildman–Crippen MR) is 146 cm³/mol. The lowest BCUT2D eigenvalue weighted by atomic mass is 10.1. The molecule has 0 aliphatic rings. The Morgan fingerprint density at radius 1 is 0.576 bits per heavy atom. The number of hydrogen-bond acceptors (Lipinski definition) is 1. The number of rotatable bonds is 18. The molecule has 0 heterocycles. The van der Waals surface area contributed by atoms with Crippen molar-refractivity contribution in [1.29, 1.82) is 0 Å². The van der Waals surface area contributed by atoms with Gasteiger partial charge < -0.3 is 4.74 Å². The van der Waals surface area contributed by atoms with E-state index in [0.29, 0.717) is 13.2 Å². The smallest absolute Gasteiger partial charge is 0.0721 e. The maximum absolute atomic E-state index is 6.03. The molecule has 2 aromatic carbocycles. The Kier molecular flexibility index (Phi) is 15.1. The molecule has 33 heavy (non-hydrogen) atoms. The first-order chi connectivity index (χ1) is 16.3. The third kappa shape index (κ3) is 13.2. The maximum Gasteiger partial charge on any atom is 0.0721 e. The number of allylic oxidation sites excluding steroid dienone is 2. The van der Waals surface area contributed by atoms with Gasteiger partial charge >= 0.3 is 0 Å². The van der Waals surface area contributed by atoms with E-state index in [1.165, 1.54) is 99.3 Å². The van der Waals surface area contributed by atoms with Gasteiger partial charge in [0.2, 0.25) is 0 Å². The van der Waals surface area contributed by atoms with E-state index < -0.39 is 0 Å². The van der Waals surface area contributed by atoms with Gasteiger partial charge in [-0.05, 0) is 60.1 Å². The van der Waals surface area contributed by atoms with E-state index in [1.807, 2.05) is 0 Å². The lowest BCUT2D eigenvalue weighted by molar-refractivity contribution is 0.107. The highest BCUT2D eigenvalue weighted by Gasteiger charge is 1.98. The van der Waals surface area contributed by atoms with Crippen molar-refractivity contribution in [2.75, 3.05) is 0 Å². The van der Waals surface area contributed by atoms with E-state index in [0.717, 1.165) is 0 Å². The van der Waals surface area contributed by atoms with Gasteiger partial charge in [-0.2, -0.15) is 0 Å². The monoisotopic (exact) mass is 446 g/mol. The summed E-state index contributed by atoms with van der Waals surface area (Å²) >= 11 is 0. The molecule has 2 aromatic rings. The minimum Gasteiger partial charge on any atom is -0.372 e. The highest BCUT2D eigenvalue weighted by molar-refractivity contribution is 5.51. The summed E-state index contributed by atoms with van der Waals surface area (Å²) in [6.45, 7) is 5.83. The molecule has 0 unspecified atom stereocenters. The second-order valence-corrected chi connectivity index (χ2v) is 9.19. The molecular formula is C32H46O. The summed E-state index contributed by atoms with van der Waals surface area (Å²) in [4.78, 5) is 0. The number of hydrogen-bond donors (Lipinski definition) is 0. The summed E-state index contributed by atoms with van der Waals surface area (Å²) in [6, 6.07) is 17.4. The number of ether oxygens (including phenoxy) is 1. The zero-order valence-electron chi connectivity index (χ0n) is 21.2. The van der Waals surface area contributed by atoms with Crippen LogP contribution in [0, 0.1) is 0 Å². The minimum absolute atomic E-state index is 0.649. The Hall–Kier alpha value is -2.12. The van der Waals surface area contributed by atoms with Gasteiger partial charge in [-0.1, -0.05) is 126 Å². The van der Waals surface area contributed by atoms with Crippen LogP contribution in [0.5, 0.6) is 0 Å². The summed E-state index contributed by atoms with van der Waals surface area (Å²) in [7, 11) is 0. The van der Waals surface area contributed by atoms with E-state index >= 15 is 0 Å². The van der Waals surface area contributed by atoms with Crippen LogP contribution in [-0.4, -0.2) is 0 Å². The van der Waals surface area contributed by atoms with Crippen LogP contribution in [0.1, 0.15) is 113 Å². The molecule has 1 heteroatoms. The van der Waals surface area contributed by atoms with Crippen LogP contribution in [0.2, 0.25) is 0 Å². The molecule has 0 saturated heterocycles. The summed E-state index contributed by atoms with van der Waals surface area (Å²) in [5, 5.41) is 0. The molecule has 0 N–H and O–H groups in total. The first kappa shape index (κ1) is 27.1. The lowest BCUT2D eigenvalue weighted by Gasteiger charge is -2.07. The Morgan fingerprint density at radius 2 is 1.03 bits per heavy atom. The topological polar surface area (TPSA) is 9.23 Å². The third-order valence-electron chi connectivity index (χ3n) is 6.01. The summed E-state index contributed by atoms with van der Waals surface area (Å²) in [5.74, 6) is 0. The van der Waals surface area contributed by atoms with Crippen LogP contribution in [-0.2, 0) is 18.0 Å². The highest BCUT2D eigenvalue weighted by atomic mass is 16.5. The van der Waals surface area contributed by atoms with Crippen LogP contribution in [0.3, 0.4) is 0 Å². The van der Waals surface area contributed by atoms with Crippen molar-refractivity contribution < 1.29 is 4.74 Å². The fourth-order valence-corrected chi connectivity index (χ4v) is 4.03. The Labute approximate surface area is 204 Å². The molecule has 0 spiro atoms. The second kappa shape index (κ2) is 18.3. The Bertz CT molecular complexity index is 734. The zero-order valence-corrected chi connectivity index (χ0v) is 21.2. The molecule has 0 radical (unpaired) electrons. The van der Waals surface area contributed by atoms with Gasteiger partial charge in [0.25, 0.3) is 0 Å². The molecule has 2 rings (SSSR count). The van der Waals surface area contributed by atoms with E-state index in [-0.39, 0.29) is 0 Å². The van der Waals surface area contributed by atoms with Crippen molar-refractivity contribution in [2.24, 2.45) is 0 Å². The highest BCUT2D eigenvalue weighted by Crippen LogP contribution is 2.14. The largest absolute Gasteiger partial charge is 0.372 e. The van der Waals surface area contributed by atoms with Crippen LogP contribution in [0.4, 0.5) is 0 Å². The molecule has 0 saturated carbocycles. The first-order valence-electron chi connectivity index (χ1n) is 13.4. The van der Waals surface area contributed by atoms with Gasteiger partial charge in [-0.25, -0.2) is 0 Å². The van der Waals surface area contributed by atoms with Crippen molar-refractivity contribution in [1.82, 2.24) is 0 Å². The third-order valence-corrected chi connectivity index (χ3v) is 6.01. The fraction of sp³-hybridized carbons (Fsp3) is 0.500. The van der Waals surface area contributed by atoms with Crippen LogP contribution >= 0.6 is 0 Å². The molecule has 180 valence electrons. The molecule has 0 fully saturated rings. The molecule has 1 nitrogen and oxygen atoms in total. The van der Waals surface area contributed by atoms with Gasteiger partial charge in [0, 0.05) is 0 Å². The van der Waals surface area contributed by atoms with Crippen LogP contribution < -0.4 is 0 Å². The van der Waals surface area contributed by atoms with Gasteiger partial charge in [0.1, 0.15) is 0 Å². The Balaban J connectivity index is 1.70. The average Bonchev–Trinajstić information content (AvgIpc) is 2.83.